The Morgan fingerprint density at radius 1 is 1.03 bits per heavy atom. The molecule has 1 saturated heterocycles. The van der Waals surface area contributed by atoms with Crippen molar-refractivity contribution in [1.82, 2.24) is 19.9 Å². The molecule has 30 heavy (non-hydrogen) atoms. The highest BCUT2D eigenvalue weighted by molar-refractivity contribution is 5.83. The smallest absolute Gasteiger partial charge is 0.257 e. The molecule has 0 unspecified atom stereocenters. The van der Waals surface area contributed by atoms with Gasteiger partial charge >= 0.3 is 0 Å². The number of carbonyl (C=O) groups is 1. The highest BCUT2D eigenvalue weighted by atomic mass is 19.1. The summed E-state index contributed by atoms with van der Waals surface area (Å²) in [6.07, 6.45) is 0.956. The van der Waals surface area contributed by atoms with Gasteiger partial charge in [0, 0.05) is 37.7 Å². The first kappa shape index (κ1) is 18.9. The van der Waals surface area contributed by atoms with E-state index < -0.39 is 0 Å². The Hall–Kier alpha value is -3.06. The van der Waals surface area contributed by atoms with Gasteiger partial charge < -0.3 is 9.42 Å². The summed E-state index contributed by atoms with van der Waals surface area (Å²) in [4.78, 5) is 21.5. The third-order valence-electron chi connectivity index (χ3n) is 5.94. The molecule has 6 nitrogen and oxygen atoms in total. The highest BCUT2D eigenvalue weighted by Crippen LogP contribution is 2.48. The summed E-state index contributed by atoms with van der Waals surface area (Å²) in [6.45, 7) is 3.59. The molecule has 2 heterocycles. The molecule has 0 N–H and O–H groups in total. The second-order valence-electron chi connectivity index (χ2n) is 7.98. The van der Waals surface area contributed by atoms with E-state index in [1.807, 2.05) is 23.1 Å². The van der Waals surface area contributed by atoms with Crippen LogP contribution in [0.5, 0.6) is 0 Å². The van der Waals surface area contributed by atoms with E-state index in [4.69, 9.17) is 4.52 Å². The van der Waals surface area contributed by atoms with Crippen molar-refractivity contribution in [1.29, 1.82) is 0 Å². The fraction of sp³-hybridized carbons (Fsp3) is 0.348. The minimum absolute atomic E-state index is 0.134. The zero-order valence-electron chi connectivity index (χ0n) is 16.6. The molecule has 2 aromatic carbocycles. The van der Waals surface area contributed by atoms with E-state index in [2.05, 4.69) is 27.2 Å². The lowest BCUT2D eigenvalue weighted by molar-refractivity contribution is -0.134. The third-order valence-corrected chi connectivity index (χ3v) is 5.94. The van der Waals surface area contributed by atoms with Gasteiger partial charge in [-0.15, -0.1) is 0 Å². The van der Waals surface area contributed by atoms with Crippen LogP contribution in [0.4, 0.5) is 4.39 Å². The van der Waals surface area contributed by atoms with Crippen LogP contribution in [0.25, 0.3) is 11.5 Å². The molecule has 0 spiro atoms. The fourth-order valence-electron chi connectivity index (χ4n) is 4.13. The zero-order chi connectivity index (χ0) is 20.5. The molecule has 2 atom stereocenters. The van der Waals surface area contributed by atoms with Gasteiger partial charge in [0.1, 0.15) is 5.82 Å². The van der Waals surface area contributed by atoms with E-state index in [1.54, 1.807) is 12.1 Å². The maximum Gasteiger partial charge on any atom is 0.257 e. The average molecular weight is 406 g/mol. The maximum atomic E-state index is 13.1. The summed E-state index contributed by atoms with van der Waals surface area (Å²) in [5, 5.41) is 4.04. The van der Waals surface area contributed by atoms with Crippen molar-refractivity contribution >= 4 is 5.91 Å². The normalized spacial score (nSPS) is 21.6. The molecule has 1 aliphatic carbocycles. The van der Waals surface area contributed by atoms with Crippen LogP contribution in [0.1, 0.15) is 23.7 Å². The van der Waals surface area contributed by atoms with Crippen molar-refractivity contribution in [2.24, 2.45) is 5.92 Å². The molecule has 1 saturated carbocycles. The van der Waals surface area contributed by atoms with Crippen LogP contribution in [0.3, 0.4) is 0 Å². The SMILES string of the molecule is O=C([C@@H]1C[C@H]1c1ccccc1)N1CCN(Cc2noc(-c3ccc(F)cc3)n2)CC1. The van der Waals surface area contributed by atoms with Gasteiger partial charge in [0.15, 0.2) is 5.82 Å². The lowest BCUT2D eigenvalue weighted by atomic mass is 10.1. The van der Waals surface area contributed by atoms with Crippen molar-refractivity contribution in [3.05, 3.63) is 71.8 Å². The lowest BCUT2D eigenvalue weighted by Crippen LogP contribution is -2.49. The average Bonchev–Trinajstić information content (AvgIpc) is 3.46. The van der Waals surface area contributed by atoms with Crippen molar-refractivity contribution < 1.29 is 13.7 Å². The summed E-state index contributed by atoms with van der Waals surface area (Å²) >= 11 is 0. The molecule has 7 heteroatoms. The van der Waals surface area contributed by atoms with Crippen LogP contribution in [0, 0.1) is 11.7 Å². The van der Waals surface area contributed by atoms with Gasteiger partial charge in [0.05, 0.1) is 6.54 Å². The first-order valence-electron chi connectivity index (χ1n) is 10.3. The molecule has 3 aromatic rings. The number of nitrogens with zero attached hydrogens (tertiary/aromatic N) is 4. The monoisotopic (exact) mass is 406 g/mol. The first-order valence-corrected chi connectivity index (χ1v) is 10.3. The molecule has 2 fully saturated rings. The largest absolute Gasteiger partial charge is 0.340 e. The Balaban J connectivity index is 1.13. The Morgan fingerprint density at radius 2 is 1.77 bits per heavy atom. The van der Waals surface area contributed by atoms with Crippen molar-refractivity contribution in [3.63, 3.8) is 0 Å². The van der Waals surface area contributed by atoms with E-state index >= 15 is 0 Å². The fourth-order valence-corrected chi connectivity index (χ4v) is 4.13. The number of piperazine rings is 1. The van der Waals surface area contributed by atoms with Crippen LogP contribution in [0.15, 0.2) is 59.1 Å². The summed E-state index contributed by atoms with van der Waals surface area (Å²) in [5.41, 5.74) is 1.96. The van der Waals surface area contributed by atoms with Gasteiger partial charge in [-0.25, -0.2) is 4.39 Å². The number of rotatable bonds is 5. The van der Waals surface area contributed by atoms with Gasteiger partial charge in [-0.05, 0) is 42.2 Å². The molecule has 1 aromatic heterocycles. The predicted molar refractivity (Wildman–Crippen MR) is 109 cm³/mol. The third kappa shape index (κ3) is 3.98. The first-order chi connectivity index (χ1) is 14.7. The Bertz CT molecular complexity index is 1010. The number of amides is 1. The number of benzene rings is 2. The van der Waals surface area contributed by atoms with Crippen molar-refractivity contribution in [2.75, 3.05) is 26.2 Å². The lowest BCUT2D eigenvalue weighted by Gasteiger charge is -2.34. The van der Waals surface area contributed by atoms with Gasteiger partial charge in [0.2, 0.25) is 5.91 Å². The standard InChI is InChI=1S/C23H23FN4O2/c24-18-8-6-17(7-9-18)22-25-21(26-30-22)15-27-10-12-28(13-11-27)23(29)20-14-19(20)16-4-2-1-3-5-16/h1-9,19-20H,10-15H2/t19-,20+/m0/s1. The second-order valence-corrected chi connectivity index (χ2v) is 7.98. The van der Waals surface area contributed by atoms with Crippen LogP contribution in [-0.4, -0.2) is 52.0 Å². The van der Waals surface area contributed by atoms with E-state index in [0.717, 1.165) is 32.6 Å². The maximum absolute atomic E-state index is 13.1. The Morgan fingerprint density at radius 3 is 2.50 bits per heavy atom. The Kier molecular flexibility index (Phi) is 5.04. The minimum atomic E-state index is -0.299. The van der Waals surface area contributed by atoms with E-state index in [-0.39, 0.29) is 17.6 Å². The van der Waals surface area contributed by atoms with E-state index in [1.165, 1.54) is 17.7 Å². The van der Waals surface area contributed by atoms with Crippen LogP contribution in [0.2, 0.25) is 0 Å². The molecule has 0 bridgehead atoms. The molecule has 1 aliphatic heterocycles. The predicted octanol–water partition coefficient (Wildman–Crippen LogP) is 3.32. The van der Waals surface area contributed by atoms with Crippen LogP contribution < -0.4 is 0 Å². The highest BCUT2D eigenvalue weighted by Gasteiger charge is 2.45. The quantitative estimate of drug-likeness (QED) is 0.651. The van der Waals surface area contributed by atoms with E-state index in [0.29, 0.717) is 29.7 Å². The van der Waals surface area contributed by atoms with Gasteiger partial charge in [-0.1, -0.05) is 35.5 Å². The number of aromatic nitrogens is 2. The summed E-state index contributed by atoms with van der Waals surface area (Å²) in [5.74, 6) is 1.48. The number of hydrogen-bond acceptors (Lipinski definition) is 5. The van der Waals surface area contributed by atoms with Crippen molar-refractivity contribution in [3.8, 4) is 11.5 Å². The molecule has 0 radical (unpaired) electrons. The number of carbonyl (C=O) groups excluding carboxylic acids is 1. The van der Waals surface area contributed by atoms with Gasteiger partial charge in [-0.3, -0.25) is 9.69 Å². The van der Waals surface area contributed by atoms with Crippen LogP contribution in [-0.2, 0) is 11.3 Å². The molecule has 1 amide bonds. The number of hydrogen-bond donors (Lipinski definition) is 0. The molecule has 154 valence electrons. The van der Waals surface area contributed by atoms with Gasteiger partial charge in [0.25, 0.3) is 5.89 Å². The molecule has 5 rings (SSSR count). The summed E-state index contributed by atoms with van der Waals surface area (Å²) in [7, 11) is 0. The molecular formula is C23H23FN4O2. The second kappa shape index (κ2) is 7.99. The number of halogens is 1. The van der Waals surface area contributed by atoms with Crippen LogP contribution >= 0.6 is 0 Å². The topological polar surface area (TPSA) is 62.5 Å². The summed E-state index contributed by atoms with van der Waals surface area (Å²) in [6, 6.07) is 16.3. The molecular weight excluding hydrogens is 383 g/mol. The minimum Gasteiger partial charge on any atom is -0.340 e. The van der Waals surface area contributed by atoms with Gasteiger partial charge in [-0.2, -0.15) is 4.98 Å². The van der Waals surface area contributed by atoms with Crippen molar-refractivity contribution in [2.45, 2.75) is 18.9 Å². The summed E-state index contributed by atoms with van der Waals surface area (Å²) < 4.78 is 18.4. The molecule has 2 aliphatic rings. The Labute approximate surface area is 174 Å². The zero-order valence-corrected chi connectivity index (χ0v) is 16.6. The van der Waals surface area contributed by atoms with E-state index in [9.17, 15) is 9.18 Å².